The summed E-state index contributed by atoms with van der Waals surface area (Å²) in [6.45, 7) is 1.69. The van der Waals surface area contributed by atoms with E-state index in [-0.39, 0.29) is 12.3 Å². The maximum Gasteiger partial charge on any atom is 0.303 e. The summed E-state index contributed by atoms with van der Waals surface area (Å²) < 4.78 is 0.746. The van der Waals surface area contributed by atoms with Gasteiger partial charge in [0.25, 0.3) is 0 Å². The lowest BCUT2D eigenvalue weighted by atomic mass is 9.95. The predicted octanol–water partition coefficient (Wildman–Crippen LogP) is 3.25. The van der Waals surface area contributed by atoms with Crippen molar-refractivity contribution in [3.05, 3.63) is 33.3 Å². The Labute approximate surface area is 107 Å². The minimum atomic E-state index is -0.922. The average Bonchev–Trinajstić information content (AvgIpc) is 2.20. The second-order valence-electron chi connectivity index (χ2n) is 3.69. The molecule has 1 aromatic rings. The molecule has 0 bridgehead atoms. The van der Waals surface area contributed by atoms with E-state index < -0.39 is 12.1 Å². The summed E-state index contributed by atoms with van der Waals surface area (Å²) in [5.41, 5.74) is 0.627. The lowest BCUT2D eigenvalue weighted by Crippen LogP contribution is -2.13. The van der Waals surface area contributed by atoms with Crippen LogP contribution < -0.4 is 0 Å². The van der Waals surface area contributed by atoms with Crippen LogP contribution in [0.3, 0.4) is 0 Å². The molecule has 0 aliphatic carbocycles. The number of aliphatic hydroxyl groups excluding tert-OH is 1. The molecular formula is C11H12BrClO3. The van der Waals surface area contributed by atoms with Crippen molar-refractivity contribution in [2.75, 3.05) is 0 Å². The quantitative estimate of drug-likeness (QED) is 0.898. The molecule has 0 heterocycles. The Morgan fingerprint density at radius 3 is 2.69 bits per heavy atom. The van der Waals surface area contributed by atoms with E-state index in [0.717, 1.165) is 4.47 Å². The number of benzene rings is 1. The Morgan fingerprint density at radius 1 is 1.56 bits per heavy atom. The van der Waals surface area contributed by atoms with Gasteiger partial charge in [0, 0.05) is 4.47 Å². The molecule has 1 rings (SSSR count). The highest BCUT2D eigenvalue weighted by atomic mass is 79.9. The Balaban J connectivity index is 2.83. The second-order valence-corrected chi connectivity index (χ2v) is 4.96. The van der Waals surface area contributed by atoms with E-state index in [2.05, 4.69) is 15.9 Å². The van der Waals surface area contributed by atoms with Crippen LogP contribution >= 0.6 is 27.5 Å². The number of carboxylic acids is 1. The SMILES string of the molecule is CC(CC(=O)O)C(O)c1ccc(Br)c(Cl)c1. The van der Waals surface area contributed by atoms with E-state index in [1.807, 2.05) is 0 Å². The molecule has 2 atom stereocenters. The van der Waals surface area contributed by atoms with Gasteiger partial charge in [-0.15, -0.1) is 0 Å². The molecule has 5 heteroatoms. The number of carbonyl (C=O) groups is 1. The van der Waals surface area contributed by atoms with Crippen LogP contribution in [0.5, 0.6) is 0 Å². The van der Waals surface area contributed by atoms with Gasteiger partial charge < -0.3 is 10.2 Å². The zero-order valence-electron chi connectivity index (χ0n) is 8.65. The lowest BCUT2D eigenvalue weighted by Gasteiger charge is -2.17. The van der Waals surface area contributed by atoms with E-state index in [1.54, 1.807) is 25.1 Å². The highest BCUT2D eigenvalue weighted by Gasteiger charge is 2.19. The molecule has 0 saturated heterocycles. The highest BCUT2D eigenvalue weighted by molar-refractivity contribution is 9.10. The van der Waals surface area contributed by atoms with Crippen molar-refractivity contribution in [2.24, 2.45) is 5.92 Å². The lowest BCUT2D eigenvalue weighted by molar-refractivity contribution is -0.139. The van der Waals surface area contributed by atoms with Crippen LogP contribution in [0.25, 0.3) is 0 Å². The summed E-state index contributed by atoms with van der Waals surface area (Å²) >= 11 is 9.14. The van der Waals surface area contributed by atoms with Gasteiger partial charge in [0.15, 0.2) is 0 Å². The molecule has 0 radical (unpaired) electrons. The number of hydrogen-bond acceptors (Lipinski definition) is 2. The molecule has 0 aliphatic heterocycles. The maximum atomic E-state index is 10.5. The fraction of sp³-hybridized carbons (Fsp3) is 0.364. The second kappa shape index (κ2) is 5.66. The van der Waals surface area contributed by atoms with Crippen LogP contribution in [0, 0.1) is 5.92 Å². The van der Waals surface area contributed by atoms with Gasteiger partial charge in [-0.1, -0.05) is 24.6 Å². The molecule has 16 heavy (non-hydrogen) atoms. The van der Waals surface area contributed by atoms with Gasteiger partial charge in [0.1, 0.15) is 0 Å². The molecule has 2 N–H and O–H groups in total. The third-order valence-electron chi connectivity index (χ3n) is 2.32. The molecule has 3 nitrogen and oxygen atoms in total. The van der Waals surface area contributed by atoms with Crippen LogP contribution in [0.1, 0.15) is 25.0 Å². The van der Waals surface area contributed by atoms with E-state index in [1.165, 1.54) is 0 Å². The number of hydrogen-bond donors (Lipinski definition) is 2. The summed E-state index contributed by atoms with van der Waals surface area (Å²) in [6, 6.07) is 5.09. The molecule has 0 amide bonds. The van der Waals surface area contributed by atoms with Gasteiger partial charge in [-0.3, -0.25) is 4.79 Å². The number of aliphatic hydroxyl groups is 1. The topological polar surface area (TPSA) is 57.5 Å². The average molecular weight is 308 g/mol. The summed E-state index contributed by atoms with van der Waals surface area (Å²) in [7, 11) is 0. The zero-order chi connectivity index (χ0) is 12.3. The zero-order valence-corrected chi connectivity index (χ0v) is 11.0. The van der Waals surface area contributed by atoms with Gasteiger partial charge in [-0.05, 0) is 39.5 Å². The minimum Gasteiger partial charge on any atom is -0.481 e. The molecular weight excluding hydrogens is 295 g/mol. The number of aliphatic carboxylic acids is 1. The largest absolute Gasteiger partial charge is 0.481 e. The molecule has 0 fully saturated rings. The number of rotatable bonds is 4. The third kappa shape index (κ3) is 3.47. The first kappa shape index (κ1) is 13.5. The van der Waals surface area contributed by atoms with E-state index in [4.69, 9.17) is 16.7 Å². The van der Waals surface area contributed by atoms with E-state index in [0.29, 0.717) is 10.6 Å². The minimum absolute atomic E-state index is 0.0746. The van der Waals surface area contributed by atoms with Gasteiger partial charge in [-0.25, -0.2) is 0 Å². The van der Waals surface area contributed by atoms with Crippen molar-refractivity contribution in [1.82, 2.24) is 0 Å². The van der Waals surface area contributed by atoms with Crippen LogP contribution in [0.2, 0.25) is 5.02 Å². The third-order valence-corrected chi connectivity index (χ3v) is 3.55. The fourth-order valence-corrected chi connectivity index (χ4v) is 1.85. The monoisotopic (exact) mass is 306 g/mol. The van der Waals surface area contributed by atoms with E-state index in [9.17, 15) is 9.90 Å². The Kier molecular flexibility index (Phi) is 4.77. The maximum absolute atomic E-state index is 10.5. The molecule has 2 unspecified atom stereocenters. The Bertz CT molecular complexity index is 395. The van der Waals surface area contributed by atoms with E-state index >= 15 is 0 Å². The summed E-state index contributed by atoms with van der Waals surface area (Å²) in [6.07, 6.45) is -0.892. The van der Waals surface area contributed by atoms with Crippen LogP contribution in [-0.2, 0) is 4.79 Å². The van der Waals surface area contributed by atoms with Crippen molar-refractivity contribution in [1.29, 1.82) is 0 Å². The highest BCUT2D eigenvalue weighted by Crippen LogP contribution is 2.30. The number of halogens is 2. The summed E-state index contributed by atoms with van der Waals surface area (Å²) in [4.78, 5) is 10.5. The van der Waals surface area contributed by atoms with Crippen molar-refractivity contribution >= 4 is 33.5 Å². The Hall–Kier alpha value is -0.580. The predicted molar refractivity (Wildman–Crippen MR) is 65.5 cm³/mol. The standard InChI is InChI=1S/C11H12BrClO3/c1-6(4-10(14)15)11(16)7-2-3-8(12)9(13)5-7/h2-3,5-6,11,16H,4H2,1H3,(H,14,15). The first-order valence-corrected chi connectivity index (χ1v) is 5.93. The van der Waals surface area contributed by atoms with Gasteiger partial charge in [0.2, 0.25) is 0 Å². The van der Waals surface area contributed by atoms with Gasteiger partial charge in [0.05, 0.1) is 17.5 Å². The Morgan fingerprint density at radius 2 is 2.19 bits per heavy atom. The van der Waals surface area contributed by atoms with Crippen LogP contribution in [-0.4, -0.2) is 16.2 Å². The molecule has 1 aromatic carbocycles. The fourth-order valence-electron chi connectivity index (χ4n) is 1.41. The van der Waals surface area contributed by atoms with Crippen LogP contribution in [0.15, 0.2) is 22.7 Å². The van der Waals surface area contributed by atoms with Crippen molar-refractivity contribution in [2.45, 2.75) is 19.4 Å². The molecule has 0 aliphatic rings. The van der Waals surface area contributed by atoms with Crippen molar-refractivity contribution in [3.63, 3.8) is 0 Å². The molecule has 0 aromatic heterocycles. The molecule has 88 valence electrons. The smallest absolute Gasteiger partial charge is 0.303 e. The molecule has 0 saturated carbocycles. The van der Waals surface area contributed by atoms with Gasteiger partial charge in [-0.2, -0.15) is 0 Å². The summed E-state index contributed by atoms with van der Waals surface area (Å²) in [5.74, 6) is -1.27. The van der Waals surface area contributed by atoms with Crippen LogP contribution in [0.4, 0.5) is 0 Å². The van der Waals surface area contributed by atoms with Gasteiger partial charge >= 0.3 is 5.97 Å². The van der Waals surface area contributed by atoms with Crippen molar-refractivity contribution < 1.29 is 15.0 Å². The normalized spacial score (nSPS) is 14.5. The first-order chi connectivity index (χ1) is 7.41. The van der Waals surface area contributed by atoms with Crippen molar-refractivity contribution in [3.8, 4) is 0 Å². The molecule has 0 spiro atoms. The first-order valence-electron chi connectivity index (χ1n) is 4.76. The summed E-state index contributed by atoms with van der Waals surface area (Å²) in [5, 5.41) is 19.0. The number of carboxylic acid groups (broad SMARTS) is 1.